The van der Waals surface area contributed by atoms with Crippen LogP contribution in [-0.2, 0) is 11.2 Å². The third-order valence-electron chi connectivity index (χ3n) is 5.87. The molecule has 1 unspecified atom stereocenters. The predicted molar refractivity (Wildman–Crippen MR) is 115 cm³/mol. The van der Waals surface area contributed by atoms with Crippen molar-refractivity contribution < 1.29 is 13.6 Å². The van der Waals surface area contributed by atoms with Crippen molar-refractivity contribution in [2.45, 2.75) is 44.2 Å². The highest BCUT2D eigenvalue weighted by molar-refractivity contribution is 7.96. The summed E-state index contributed by atoms with van der Waals surface area (Å²) in [6, 6.07) is 3.78. The first-order valence-electron chi connectivity index (χ1n) is 10.3. The number of benzene rings is 1. The van der Waals surface area contributed by atoms with Gasteiger partial charge in [0.2, 0.25) is 5.91 Å². The Hall–Kier alpha value is -2.19. The lowest BCUT2D eigenvalue weighted by atomic mass is 9.99. The average Bonchev–Trinajstić information content (AvgIpc) is 2.98. The molecule has 1 aromatic heterocycles. The number of rotatable bonds is 5. The predicted octanol–water partition coefficient (Wildman–Crippen LogP) is 3.96. The second-order valence-corrected chi connectivity index (χ2v) is 8.41. The summed E-state index contributed by atoms with van der Waals surface area (Å²) in [6.45, 7) is 1.43. The summed E-state index contributed by atoms with van der Waals surface area (Å²) >= 11 is 1.61. The van der Waals surface area contributed by atoms with E-state index in [1.807, 2.05) is 27.9 Å². The average molecular weight is 433 g/mol. The van der Waals surface area contributed by atoms with Crippen LogP contribution in [0, 0.1) is 11.6 Å². The number of nitrogens with one attached hydrogen (secondary N) is 1. The summed E-state index contributed by atoms with van der Waals surface area (Å²) in [5.41, 5.74) is 0.785. The van der Waals surface area contributed by atoms with Gasteiger partial charge in [-0.2, -0.15) is 0 Å². The van der Waals surface area contributed by atoms with E-state index in [9.17, 15) is 13.6 Å². The van der Waals surface area contributed by atoms with Gasteiger partial charge in [0.25, 0.3) is 0 Å². The normalized spacial score (nSPS) is 21.4. The molecular formula is C22H26F2N4OS. The maximum absolute atomic E-state index is 14.5. The third-order valence-corrected chi connectivity index (χ3v) is 6.44. The molecule has 0 spiro atoms. The van der Waals surface area contributed by atoms with Crippen molar-refractivity contribution in [3.63, 3.8) is 0 Å². The van der Waals surface area contributed by atoms with E-state index in [-0.39, 0.29) is 17.9 Å². The summed E-state index contributed by atoms with van der Waals surface area (Å²) < 4.78 is 34.2. The molecule has 2 aromatic rings. The van der Waals surface area contributed by atoms with Crippen molar-refractivity contribution >= 4 is 23.9 Å². The maximum Gasteiger partial charge on any atom is 0.230 e. The van der Waals surface area contributed by atoms with Gasteiger partial charge in [-0.3, -0.25) is 9.52 Å². The minimum absolute atomic E-state index is 0.00973. The largest absolute Gasteiger partial charge is 0.342 e. The first-order valence-corrected chi connectivity index (χ1v) is 11.5. The molecule has 2 aliphatic heterocycles. The molecule has 4 rings (SSSR count). The van der Waals surface area contributed by atoms with Gasteiger partial charge in [0.1, 0.15) is 17.5 Å². The molecule has 2 atom stereocenters. The molecule has 0 saturated carbocycles. The molecule has 2 aliphatic rings. The third kappa shape index (κ3) is 4.30. The lowest BCUT2D eigenvalue weighted by molar-refractivity contribution is -0.130. The topological polar surface area (TPSA) is 50.2 Å². The summed E-state index contributed by atoms with van der Waals surface area (Å²) in [7, 11) is 0. The lowest BCUT2D eigenvalue weighted by Gasteiger charge is -2.26. The minimum atomic E-state index is -0.577. The van der Waals surface area contributed by atoms with Gasteiger partial charge < -0.3 is 9.47 Å². The van der Waals surface area contributed by atoms with Crippen LogP contribution in [0.4, 0.5) is 8.78 Å². The van der Waals surface area contributed by atoms with Crippen LogP contribution in [0.5, 0.6) is 0 Å². The zero-order valence-corrected chi connectivity index (χ0v) is 17.8. The van der Waals surface area contributed by atoms with Gasteiger partial charge in [-0.05, 0) is 50.1 Å². The maximum atomic E-state index is 14.5. The van der Waals surface area contributed by atoms with Gasteiger partial charge in [-0.25, -0.2) is 13.8 Å². The van der Waals surface area contributed by atoms with Crippen molar-refractivity contribution in [1.82, 2.24) is 19.2 Å². The zero-order chi connectivity index (χ0) is 21.1. The van der Waals surface area contributed by atoms with E-state index >= 15 is 0 Å². The number of amides is 1. The number of halogens is 2. The number of likely N-dealkylation sites (tertiary alicyclic amines) is 1. The molecule has 5 nitrogen and oxygen atoms in total. The van der Waals surface area contributed by atoms with Gasteiger partial charge in [-0.1, -0.05) is 24.1 Å². The number of carbonyl (C=O) groups is 1. The first-order chi connectivity index (χ1) is 14.6. The van der Waals surface area contributed by atoms with Crippen LogP contribution < -0.4 is 4.72 Å². The van der Waals surface area contributed by atoms with Crippen molar-refractivity contribution in [3.05, 3.63) is 59.2 Å². The number of fused-ring (bicyclic) bond motifs is 1. The Labute approximate surface area is 179 Å². The second kappa shape index (κ2) is 9.31. The van der Waals surface area contributed by atoms with Gasteiger partial charge in [0.15, 0.2) is 0 Å². The van der Waals surface area contributed by atoms with E-state index in [2.05, 4.69) is 9.71 Å². The number of nitrogens with zero attached hydrogens (tertiary/aromatic N) is 3. The SMILES string of the molecule is CSN[C@H]1CCCN(C(=O)Cc2ncc3n2C(c2c(F)cccc2F)CC=C3)CC1. The van der Waals surface area contributed by atoms with Crippen LogP contribution in [0.15, 0.2) is 30.5 Å². The Bertz CT molecular complexity index is 925. The number of carbonyl (C=O) groups excluding carboxylic acids is 1. The van der Waals surface area contributed by atoms with Crippen molar-refractivity contribution in [3.8, 4) is 0 Å². The molecular weight excluding hydrogens is 406 g/mol. The van der Waals surface area contributed by atoms with Crippen LogP contribution in [-0.4, -0.2) is 45.7 Å². The van der Waals surface area contributed by atoms with Crippen LogP contribution in [0.3, 0.4) is 0 Å². The number of hydrogen-bond donors (Lipinski definition) is 1. The molecule has 0 bridgehead atoms. The monoisotopic (exact) mass is 432 g/mol. The first kappa shape index (κ1) is 21.1. The van der Waals surface area contributed by atoms with Crippen molar-refractivity contribution in [1.29, 1.82) is 0 Å². The smallest absolute Gasteiger partial charge is 0.230 e. The van der Waals surface area contributed by atoms with Gasteiger partial charge >= 0.3 is 0 Å². The molecule has 8 heteroatoms. The quantitative estimate of drug-likeness (QED) is 0.727. The summed E-state index contributed by atoms with van der Waals surface area (Å²) in [5.74, 6) is -0.593. The number of hydrogen-bond acceptors (Lipinski definition) is 4. The summed E-state index contributed by atoms with van der Waals surface area (Å²) in [6.07, 6.45) is 11.0. The van der Waals surface area contributed by atoms with Crippen LogP contribution in [0.1, 0.15) is 48.8 Å². The Morgan fingerprint density at radius 2 is 2.07 bits per heavy atom. The van der Waals surface area contributed by atoms with E-state index in [0.29, 0.717) is 24.8 Å². The van der Waals surface area contributed by atoms with Crippen LogP contribution in [0.2, 0.25) is 0 Å². The molecule has 1 aromatic carbocycles. The van der Waals surface area contributed by atoms with Crippen LogP contribution >= 0.6 is 11.9 Å². The Morgan fingerprint density at radius 1 is 1.27 bits per heavy atom. The molecule has 1 amide bonds. The fourth-order valence-corrected chi connectivity index (χ4v) is 4.97. The van der Waals surface area contributed by atoms with E-state index in [0.717, 1.165) is 31.5 Å². The highest BCUT2D eigenvalue weighted by Crippen LogP contribution is 2.33. The van der Waals surface area contributed by atoms with Crippen molar-refractivity contribution in [2.24, 2.45) is 0 Å². The zero-order valence-electron chi connectivity index (χ0n) is 17.0. The van der Waals surface area contributed by atoms with Gasteiger partial charge in [0, 0.05) is 24.7 Å². The molecule has 1 N–H and O–H groups in total. The van der Waals surface area contributed by atoms with Gasteiger partial charge in [-0.15, -0.1) is 0 Å². The number of aromatic nitrogens is 2. The molecule has 0 aliphatic carbocycles. The van der Waals surface area contributed by atoms with Gasteiger partial charge in [0.05, 0.1) is 24.4 Å². The number of allylic oxidation sites excluding steroid dienone is 1. The molecule has 3 heterocycles. The van der Waals surface area contributed by atoms with E-state index in [4.69, 9.17) is 0 Å². The molecule has 30 heavy (non-hydrogen) atoms. The standard InChI is InChI=1S/C22H26F2N4OS/c1-30-26-15-5-4-11-27(12-10-15)21(29)13-20-25-14-16-6-2-9-19(28(16)20)22-17(23)7-3-8-18(22)24/h2-3,6-8,14-15,19,26H,4-5,9-13H2,1H3/t15-,19?/m0/s1. The second-order valence-electron chi connectivity index (χ2n) is 7.77. The highest BCUT2D eigenvalue weighted by atomic mass is 32.2. The fraction of sp³-hybridized carbons (Fsp3) is 0.455. The highest BCUT2D eigenvalue weighted by Gasteiger charge is 2.29. The molecule has 0 radical (unpaired) electrons. The Kier molecular flexibility index (Phi) is 6.53. The van der Waals surface area contributed by atoms with E-state index in [1.54, 1.807) is 18.1 Å². The summed E-state index contributed by atoms with van der Waals surface area (Å²) in [4.78, 5) is 19.4. The van der Waals surface area contributed by atoms with Crippen molar-refractivity contribution in [2.75, 3.05) is 19.3 Å². The fourth-order valence-electron chi connectivity index (χ4n) is 4.40. The minimum Gasteiger partial charge on any atom is -0.342 e. The van der Waals surface area contributed by atoms with E-state index < -0.39 is 17.7 Å². The lowest BCUT2D eigenvalue weighted by Crippen LogP contribution is -2.35. The Balaban J connectivity index is 1.55. The number of imidazole rings is 1. The van der Waals surface area contributed by atoms with Crippen LogP contribution in [0.25, 0.3) is 6.08 Å². The summed E-state index contributed by atoms with van der Waals surface area (Å²) in [5, 5.41) is 0. The van der Waals surface area contributed by atoms with E-state index in [1.165, 1.54) is 18.2 Å². The Morgan fingerprint density at radius 3 is 2.83 bits per heavy atom. The molecule has 1 fully saturated rings. The molecule has 160 valence electrons. The molecule has 1 saturated heterocycles.